The maximum atomic E-state index is 12.7. The molecule has 0 radical (unpaired) electrons. The summed E-state index contributed by atoms with van der Waals surface area (Å²) in [4.78, 5) is 17.5. The van der Waals surface area contributed by atoms with Gasteiger partial charge in [0.25, 0.3) is 0 Å². The third kappa shape index (κ3) is 6.11. The van der Waals surface area contributed by atoms with Crippen LogP contribution in [-0.4, -0.2) is 43.5 Å². The summed E-state index contributed by atoms with van der Waals surface area (Å²) in [5.41, 5.74) is 3.16. The molecule has 2 heterocycles. The molecule has 1 amide bonds. The van der Waals surface area contributed by atoms with Gasteiger partial charge in [0.1, 0.15) is 0 Å². The van der Waals surface area contributed by atoms with Gasteiger partial charge in [-0.2, -0.15) is 5.26 Å². The molecule has 32 heavy (non-hydrogen) atoms. The molecule has 2 aliphatic rings. The van der Waals surface area contributed by atoms with Crippen LogP contribution in [-0.2, 0) is 11.3 Å². The zero-order chi connectivity index (χ0) is 22.2. The first-order chi connectivity index (χ1) is 15.7. The molecule has 0 saturated carbocycles. The Bertz CT molecular complexity index is 907. The van der Waals surface area contributed by atoms with Crippen molar-refractivity contribution in [2.45, 2.75) is 38.6 Å². The van der Waals surface area contributed by atoms with Crippen LogP contribution < -0.4 is 10.2 Å². The monoisotopic (exact) mass is 430 g/mol. The second-order valence-electron chi connectivity index (χ2n) is 9.21. The van der Waals surface area contributed by atoms with Crippen molar-refractivity contribution < 1.29 is 4.79 Å². The number of rotatable bonds is 7. The normalized spacial score (nSPS) is 18.3. The Morgan fingerprint density at radius 1 is 0.969 bits per heavy atom. The van der Waals surface area contributed by atoms with Gasteiger partial charge in [-0.25, -0.2) is 0 Å². The third-order valence-electron chi connectivity index (χ3n) is 7.01. The lowest BCUT2D eigenvalue weighted by Crippen LogP contribution is -2.41. The minimum atomic E-state index is 0.109. The third-order valence-corrected chi connectivity index (χ3v) is 7.01. The van der Waals surface area contributed by atoms with Gasteiger partial charge in [-0.05, 0) is 74.9 Å². The van der Waals surface area contributed by atoms with Crippen molar-refractivity contribution >= 4 is 11.6 Å². The van der Waals surface area contributed by atoms with E-state index in [0.717, 1.165) is 70.1 Å². The van der Waals surface area contributed by atoms with E-state index in [4.69, 9.17) is 5.26 Å². The van der Waals surface area contributed by atoms with Crippen LogP contribution in [0.3, 0.4) is 0 Å². The summed E-state index contributed by atoms with van der Waals surface area (Å²) in [5, 5.41) is 12.3. The molecule has 0 unspecified atom stereocenters. The molecule has 2 aromatic rings. The number of benzene rings is 2. The molecule has 0 atom stereocenters. The van der Waals surface area contributed by atoms with E-state index in [1.807, 2.05) is 24.3 Å². The van der Waals surface area contributed by atoms with E-state index < -0.39 is 0 Å². The number of carbonyl (C=O) groups excluding carboxylic acids is 1. The number of likely N-dealkylation sites (tertiary alicyclic amines) is 1. The van der Waals surface area contributed by atoms with Crippen LogP contribution in [0.1, 0.15) is 43.2 Å². The minimum absolute atomic E-state index is 0.109. The number of piperidine rings is 2. The van der Waals surface area contributed by atoms with Crippen LogP contribution in [0.4, 0.5) is 5.69 Å². The molecule has 4 rings (SSSR count). The fourth-order valence-electron chi connectivity index (χ4n) is 4.99. The van der Waals surface area contributed by atoms with Gasteiger partial charge in [0.05, 0.1) is 11.6 Å². The molecular weight excluding hydrogens is 396 g/mol. The van der Waals surface area contributed by atoms with Gasteiger partial charge in [0, 0.05) is 37.8 Å². The van der Waals surface area contributed by atoms with Gasteiger partial charge in [-0.1, -0.05) is 36.4 Å². The smallest absolute Gasteiger partial charge is 0.223 e. The number of hydrogen-bond donors (Lipinski definition) is 1. The summed E-state index contributed by atoms with van der Waals surface area (Å²) < 4.78 is 0. The lowest BCUT2D eigenvalue weighted by atomic mass is 9.92. The SMILES string of the molecule is N#Cc1cccc(N2CCC(C(=O)NCCC3CCN(Cc4ccccc4)CC3)CC2)c1. The van der Waals surface area contributed by atoms with Crippen LogP contribution >= 0.6 is 0 Å². The molecule has 5 heteroatoms. The Hall–Kier alpha value is -2.84. The molecule has 0 aromatic heterocycles. The highest BCUT2D eigenvalue weighted by Crippen LogP contribution is 2.25. The first-order valence-corrected chi connectivity index (χ1v) is 12.0. The van der Waals surface area contributed by atoms with E-state index in [0.29, 0.717) is 5.56 Å². The second-order valence-corrected chi connectivity index (χ2v) is 9.21. The molecule has 0 bridgehead atoms. The summed E-state index contributed by atoms with van der Waals surface area (Å²) in [7, 11) is 0. The molecule has 0 aliphatic carbocycles. The molecule has 168 valence electrons. The lowest BCUT2D eigenvalue weighted by Gasteiger charge is -2.33. The number of hydrogen-bond acceptors (Lipinski definition) is 4. The Balaban J connectivity index is 1.12. The maximum absolute atomic E-state index is 12.7. The van der Waals surface area contributed by atoms with Gasteiger partial charge in [0.2, 0.25) is 5.91 Å². The van der Waals surface area contributed by atoms with Gasteiger partial charge >= 0.3 is 0 Å². The van der Waals surface area contributed by atoms with E-state index in [2.05, 4.69) is 51.5 Å². The molecule has 2 aromatic carbocycles. The molecule has 2 saturated heterocycles. The number of anilines is 1. The van der Waals surface area contributed by atoms with E-state index in [9.17, 15) is 4.79 Å². The topological polar surface area (TPSA) is 59.4 Å². The standard InChI is InChI=1S/C27H34N4O/c28-20-24-7-4-8-26(19-24)31-17-12-25(13-18-31)27(32)29-14-9-22-10-15-30(16-11-22)21-23-5-2-1-3-6-23/h1-8,19,22,25H,9-18,21H2,(H,29,32). The van der Waals surface area contributed by atoms with Crippen LogP contribution in [0.15, 0.2) is 54.6 Å². The quantitative estimate of drug-likeness (QED) is 0.715. The van der Waals surface area contributed by atoms with E-state index in [1.54, 1.807) is 0 Å². The number of amides is 1. The summed E-state index contributed by atoms with van der Waals surface area (Å²) in [6, 6.07) is 20.6. The van der Waals surface area contributed by atoms with Gasteiger partial charge in [-0.15, -0.1) is 0 Å². The largest absolute Gasteiger partial charge is 0.371 e. The van der Waals surface area contributed by atoms with E-state index >= 15 is 0 Å². The summed E-state index contributed by atoms with van der Waals surface area (Å²) in [5.74, 6) is 1.05. The molecule has 2 aliphatic heterocycles. The Labute approximate surface area is 192 Å². The van der Waals surface area contributed by atoms with Crippen molar-refractivity contribution in [2.75, 3.05) is 37.6 Å². The van der Waals surface area contributed by atoms with Crippen molar-refractivity contribution in [3.05, 3.63) is 65.7 Å². The summed E-state index contributed by atoms with van der Waals surface area (Å²) in [6.07, 6.45) is 5.29. The fourth-order valence-corrected chi connectivity index (χ4v) is 4.99. The maximum Gasteiger partial charge on any atom is 0.223 e. The first-order valence-electron chi connectivity index (χ1n) is 12.0. The summed E-state index contributed by atoms with van der Waals surface area (Å²) in [6.45, 7) is 5.88. The average Bonchev–Trinajstić information content (AvgIpc) is 2.86. The minimum Gasteiger partial charge on any atom is -0.371 e. The highest BCUT2D eigenvalue weighted by Gasteiger charge is 2.25. The van der Waals surface area contributed by atoms with Crippen LogP contribution in [0.2, 0.25) is 0 Å². The number of nitriles is 1. The zero-order valence-electron chi connectivity index (χ0n) is 18.9. The van der Waals surface area contributed by atoms with Crippen molar-refractivity contribution in [3.63, 3.8) is 0 Å². The van der Waals surface area contributed by atoms with Gasteiger partial charge in [0.15, 0.2) is 0 Å². The average molecular weight is 431 g/mol. The van der Waals surface area contributed by atoms with Gasteiger partial charge in [-0.3, -0.25) is 9.69 Å². The number of carbonyl (C=O) groups is 1. The van der Waals surface area contributed by atoms with E-state index in [1.165, 1.54) is 18.4 Å². The molecule has 0 spiro atoms. The van der Waals surface area contributed by atoms with Crippen LogP contribution in [0.5, 0.6) is 0 Å². The highest BCUT2D eigenvalue weighted by molar-refractivity contribution is 5.79. The fraction of sp³-hybridized carbons (Fsp3) is 0.481. The highest BCUT2D eigenvalue weighted by atomic mass is 16.1. The van der Waals surface area contributed by atoms with Crippen LogP contribution in [0.25, 0.3) is 0 Å². The Kier molecular flexibility index (Phi) is 7.79. The molecular formula is C27H34N4O. The molecule has 2 fully saturated rings. The van der Waals surface area contributed by atoms with Crippen LogP contribution in [0, 0.1) is 23.2 Å². The van der Waals surface area contributed by atoms with E-state index in [-0.39, 0.29) is 11.8 Å². The van der Waals surface area contributed by atoms with Crippen molar-refractivity contribution in [3.8, 4) is 6.07 Å². The van der Waals surface area contributed by atoms with Crippen molar-refractivity contribution in [2.24, 2.45) is 11.8 Å². The Morgan fingerprint density at radius 3 is 2.44 bits per heavy atom. The number of nitrogens with zero attached hydrogens (tertiary/aromatic N) is 3. The lowest BCUT2D eigenvalue weighted by molar-refractivity contribution is -0.125. The molecule has 5 nitrogen and oxygen atoms in total. The number of nitrogens with one attached hydrogen (secondary N) is 1. The molecule has 1 N–H and O–H groups in total. The Morgan fingerprint density at radius 2 is 1.72 bits per heavy atom. The van der Waals surface area contributed by atoms with Crippen molar-refractivity contribution in [1.29, 1.82) is 5.26 Å². The van der Waals surface area contributed by atoms with Gasteiger partial charge < -0.3 is 10.2 Å². The second kappa shape index (κ2) is 11.2. The predicted octanol–water partition coefficient (Wildman–Crippen LogP) is 4.19. The van der Waals surface area contributed by atoms with Crippen molar-refractivity contribution in [1.82, 2.24) is 10.2 Å². The predicted molar refractivity (Wildman–Crippen MR) is 128 cm³/mol. The zero-order valence-corrected chi connectivity index (χ0v) is 18.9. The first kappa shape index (κ1) is 22.4. The summed E-state index contributed by atoms with van der Waals surface area (Å²) >= 11 is 0.